The molecular weight excluding hydrogens is 431 g/mol. The third-order valence-electron chi connectivity index (χ3n) is 5.47. The summed E-state index contributed by atoms with van der Waals surface area (Å²) in [6.45, 7) is 4.51. The molecule has 0 aliphatic carbocycles. The first-order chi connectivity index (χ1) is 14.3. The van der Waals surface area contributed by atoms with Crippen LogP contribution in [0.2, 0.25) is 5.02 Å². The van der Waals surface area contributed by atoms with E-state index in [1.807, 2.05) is 4.90 Å². The van der Waals surface area contributed by atoms with Gasteiger partial charge in [-0.3, -0.25) is 4.90 Å². The fourth-order valence-electron chi connectivity index (χ4n) is 3.66. The van der Waals surface area contributed by atoms with Gasteiger partial charge in [0.25, 0.3) is 0 Å². The van der Waals surface area contributed by atoms with E-state index in [2.05, 4.69) is 25.3 Å². The quantitative estimate of drug-likeness (QED) is 0.511. The van der Waals surface area contributed by atoms with Crippen molar-refractivity contribution in [1.29, 1.82) is 0 Å². The van der Waals surface area contributed by atoms with Gasteiger partial charge in [0.2, 0.25) is 0 Å². The number of aromatic nitrogens is 4. The first kappa shape index (κ1) is 21.0. The summed E-state index contributed by atoms with van der Waals surface area (Å²) in [5.74, 6) is -0.147. The van der Waals surface area contributed by atoms with Crippen molar-refractivity contribution in [1.82, 2.24) is 24.8 Å². The van der Waals surface area contributed by atoms with Crippen LogP contribution in [0.15, 0.2) is 24.7 Å². The van der Waals surface area contributed by atoms with Crippen LogP contribution in [0.1, 0.15) is 26.7 Å². The van der Waals surface area contributed by atoms with Crippen LogP contribution in [0.3, 0.4) is 0 Å². The minimum Gasteiger partial charge on any atom is -0.363 e. The fourth-order valence-corrected chi connectivity index (χ4v) is 4.23. The number of halogens is 2. The molecular formula is C19H22ClFN6O2S. The number of hydrogen-bond donors (Lipinski definition) is 3. The van der Waals surface area contributed by atoms with Crippen LogP contribution in [0.4, 0.5) is 10.2 Å². The Labute approximate surface area is 179 Å². The molecule has 2 N–H and O–H groups in total. The van der Waals surface area contributed by atoms with Gasteiger partial charge < -0.3 is 10.3 Å². The highest BCUT2D eigenvalue weighted by Crippen LogP contribution is 2.29. The molecule has 4 rings (SSSR count). The smallest absolute Gasteiger partial charge is 0.183 e. The minimum absolute atomic E-state index is 0.0838. The summed E-state index contributed by atoms with van der Waals surface area (Å²) >= 11 is 6.06. The molecule has 1 atom stereocenters. The van der Waals surface area contributed by atoms with Crippen LogP contribution in [0.5, 0.6) is 0 Å². The first-order valence-electron chi connectivity index (χ1n) is 9.57. The third-order valence-corrected chi connectivity index (χ3v) is 6.85. The van der Waals surface area contributed by atoms with Crippen molar-refractivity contribution in [2.75, 3.05) is 18.4 Å². The maximum atomic E-state index is 14.5. The summed E-state index contributed by atoms with van der Waals surface area (Å²) in [5, 5.41) is 4.35. The molecule has 160 valence electrons. The van der Waals surface area contributed by atoms with Crippen LogP contribution >= 0.6 is 11.6 Å². The van der Waals surface area contributed by atoms with Crippen LogP contribution in [0.25, 0.3) is 22.4 Å². The van der Waals surface area contributed by atoms with Crippen LogP contribution in [-0.2, 0) is 10.7 Å². The highest BCUT2D eigenvalue weighted by Gasteiger charge is 2.34. The first-order valence-corrected chi connectivity index (χ1v) is 11.1. The molecule has 0 bridgehead atoms. The number of nitrogens with one attached hydrogen (secondary N) is 2. The van der Waals surface area contributed by atoms with Gasteiger partial charge in [0.1, 0.15) is 10.5 Å². The SMILES string of the molecule is CC(C)(N1CCC[C@@H](Nc2nc(-c3c[nH]c4ncc(Cl)cc34)ncc2F)C1)[SH](=O)=O. The fraction of sp³-hybridized carbons (Fsp3) is 0.421. The maximum Gasteiger partial charge on any atom is 0.183 e. The number of anilines is 1. The molecule has 3 aromatic heterocycles. The number of piperidine rings is 1. The third kappa shape index (κ3) is 3.99. The zero-order chi connectivity index (χ0) is 21.5. The molecule has 1 fully saturated rings. The van der Waals surface area contributed by atoms with E-state index < -0.39 is 21.4 Å². The molecule has 8 nitrogen and oxygen atoms in total. The van der Waals surface area contributed by atoms with Gasteiger partial charge in [-0.05, 0) is 39.3 Å². The van der Waals surface area contributed by atoms with Gasteiger partial charge in [-0.25, -0.2) is 27.8 Å². The van der Waals surface area contributed by atoms with Gasteiger partial charge in [-0.2, -0.15) is 0 Å². The van der Waals surface area contributed by atoms with Crippen molar-refractivity contribution in [2.24, 2.45) is 0 Å². The Morgan fingerprint density at radius 2 is 2.13 bits per heavy atom. The van der Waals surface area contributed by atoms with Crippen molar-refractivity contribution in [3.05, 3.63) is 35.5 Å². The Balaban J connectivity index is 1.60. The highest BCUT2D eigenvalue weighted by molar-refractivity contribution is 7.73. The lowest BCUT2D eigenvalue weighted by atomic mass is 10.0. The number of H-pyrrole nitrogens is 1. The predicted molar refractivity (Wildman–Crippen MR) is 115 cm³/mol. The molecule has 1 aliphatic rings. The Hall–Kier alpha value is -2.30. The van der Waals surface area contributed by atoms with Crippen LogP contribution in [-0.4, -0.2) is 57.3 Å². The summed E-state index contributed by atoms with van der Waals surface area (Å²) < 4.78 is 37.7. The molecule has 3 aromatic rings. The van der Waals surface area contributed by atoms with Crippen molar-refractivity contribution in [3.8, 4) is 11.4 Å². The molecule has 30 heavy (non-hydrogen) atoms. The molecule has 0 amide bonds. The van der Waals surface area contributed by atoms with E-state index in [4.69, 9.17) is 11.6 Å². The van der Waals surface area contributed by atoms with E-state index in [0.29, 0.717) is 35.1 Å². The van der Waals surface area contributed by atoms with Crippen LogP contribution < -0.4 is 5.32 Å². The van der Waals surface area contributed by atoms with E-state index in [0.717, 1.165) is 24.4 Å². The molecule has 1 aliphatic heterocycles. The number of rotatable bonds is 5. The van der Waals surface area contributed by atoms with E-state index in [-0.39, 0.29) is 11.9 Å². The number of nitrogens with zero attached hydrogens (tertiary/aromatic N) is 4. The summed E-state index contributed by atoms with van der Waals surface area (Å²) in [6.07, 6.45) is 5.96. The van der Waals surface area contributed by atoms with Crippen molar-refractivity contribution in [2.45, 2.75) is 37.6 Å². The zero-order valence-corrected chi connectivity index (χ0v) is 18.2. The molecule has 0 unspecified atom stereocenters. The van der Waals surface area contributed by atoms with Gasteiger partial charge in [0.05, 0.1) is 11.2 Å². The number of fused-ring (bicyclic) bond motifs is 1. The second kappa shape index (κ2) is 8.09. The lowest BCUT2D eigenvalue weighted by molar-refractivity contribution is 0.148. The molecule has 4 heterocycles. The summed E-state index contributed by atoms with van der Waals surface area (Å²) in [5.41, 5.74) is 1.30. The lowest BCUT2D eigenvalue weighted by Crippen LogP contribution is -2.53. The normalized spacial score (nSPS) is 18.2. The number of hydrogen-bond acceptors (Lipinski definition) is 7. The van der Waals surface area contributed by atoms with E-state index >= 15 is 0 Å². The standard InChI is InChI=1S/C19H22ClFN6O2S/c1-19(2,30(28)29)27-5-3-4-12(10-27)25-18-15(21)9-24-17(26-18)14-8-23-16-13(14)6-11(20)7-22-16/h6-9,12,30H,3-5,10H2,1-2H3,(H,22,23)(H,24,25,26)/t12-/m1/s1. The Bertz CT molecular complexity index is 1160. The van der Waals surface area contributed by atoms with Gasteiger partial charge in [0, 0.05) is 35.9 Å². The van der Waals surface area contributed by atoms with Gasteiger partial charge in [-0.1, -0.05) is 11.6 Å². The van der Waals surface area contributed by atoms with Crippen molar-refractivity contribution in [3.63, 3.8) is 0 Å². The van der Waals surface area contributed by atoms with E-state index in [1.54, 1.807) is 26.1 Å². The molecule has 0 spiro atoms. The highest BCUT2D eigenvalue weighted by atomic mass is 35.5. The van der Waals surface area contributed by atoms with Gasteiger partial charge >= 0.3 is 0 Å². The molecule has 0 aromatic carbocycles. The minimum atomic E-state index is -2.62. The summed E-state index contributed by atoms with van der Waals surface area (Å²) in [6, 6.07) is 1.62. The average Bonchev–Trinajstić information content (AvgIpc) is 3.13. The topological polar surface area (TPSA) is 104 Å². The predicted octanol–water partition coefficient (Wildman–Crippen LogP) is 3.04. The molecule has 0 saturated carbocycles. The monoisotopic (exact) mass is 452 g/mol. The average molecular weight is 453 g/mol. The summed E-state index contributed by atoms with van der Waals surface area (Å²) in [4.78, 5) is 16.7. The Morgan fingerprint density at radius 3 is 2.90 bits per heavy atom. The molecule has 0 radical (unpaired) electrons. The maximum absolute atomic E-state index is 14.5. The lowest BCUT2D eigenvalue weighted by Gasteiger charge is -2.40. The van der Waals surface area contributed by atoms with Crippen molar-refractivity contribution >= 4 is 39.2 Å². The second-order valence-electron chi connectivity index (χ2n) is 7.82. The van der Waals surface area contributed by atoms with Crippen LogP contribution in [0, 0.1) is 5.82 Å². The van der Waals surface area contributed by atoms with Gasteiger partial charge in [-0.15, -0.1) is 0 Å². The number of aromatic amines is 1. The van der Waals surface area contributed by atoms with E-state index in [1.165, 1.54) is 6.20 Å². The molecule has 1 saturated heterocycles. The van der Waals surface area contributed by atoms with Crippen molar-refractivity contribution < 1.29 is 12.8 Å². The number of pyridine rings is 1. The number of likely N-dealkylation sites (tertiary alicyclic amines) is 1. The largest absolute Gasteiger partial charge is 0.363 e. The Morgan fingerprint density at radius 1 is 1.33 bits per heavy atom. The van der Waals surface area contributed by atoms with E-state index in [9.17, 15) is 12.8 Å². The zero-order valence-electron chi connectivity index (χ0n) is 16.5. The number of thiol groups is 1. The molecule has 11 heteroatoms. The second-order valence-corrected chi connectivity index (χ2v) is 9.87. The van der Waals surface area contributed by atoms with Gasteiger partial charge in [0.15, 0.2) is 28.2 Å². The Kier molecular flexibility index (Phi) is 5.65. The summed E-state index contributed by atoms with van der Waals surface area (Å²) in [7, 11) is -2.62.